The van der Waals surface area contributed by atoms with E-state index in [2.05, 4.69) is 4.98 Å². The summed E-state index contributed by atoms with van der Waals surface area (Å²) in [5.74, 6) is 0.502. The fraction of sp³-hybridized carbons (Fsp3) is 0.111. The highest BCUT2D eigenvalue weighted by Gasteiger charge is 2.15. The van der Waals surface area contributed by atoms with Crippen LogP contribution >= 0.6 is 0 Å². The number of hydrogen-bond donors (Lipinski definition) is 0. The molecule has 2 aromatic carbocycles. The van der Waals surface area contributed by atoms with Gasteiger partial charge in [-0.05, 0) is 24.1 Å². The number of imidazole rings is 1. The summed E-state index contributed by atoms with van der Waals surface area (Å²) in [5, 5.41) is 0. The van der Waals surface area contributed by atoms with Gasteiger partial charge in [0.2, 0.25) is 5.78 Å². The van der Waals surface area contributed by atoms with Gasteiger partial charge in [-0.2, -0.15) is 0 Å². The molecule has 1 aromatic heterocycles. The predicted octanol–water partition coefficient (Wildman–Crippen LogP) is 3.61. The van der Waals surface area contributed by atoms with E-state index in [-0.39, 0.29) is 5.78 Å². The van der Waals surface area contributed by atoms with Crippen LogP contribution in [0.4, 0.5) is 0 Å². The fourth-order valence-electron chi connectivity index (χ4n) is 2.40. The van der Waals surface area contributed by atoms with Gasteiger partial charge in [-0.1, -0.05) is 48.5 Å². The average Bonchev–Trinajstić information content (AvgIpc) is 2.98. The minimum absolute atomic E-state index is 0.0226. The molecule has 0 aliphatic heterocycles. The molecule has 0 aliphatic carbocycles. The van der Waals surface area contributed by atoms with Crippen LogP contribution in [0.3, 0.4) is 0 Å². The van der Waals surface area contributed by atoms with Crippen molar-refractivity contribution in [3.05, 3.63) is 83.9 Å². The normalized spacial score (nSPS) is 10.5. The molecule has 0 aliphatic rings. The predicted molar refractivity (Wildman–Crippen MR) is 82.8 cm³/mol. The van der Waals surface area contributed by atoms with Gasteiger partial charge in [-0.25, -0.2) is 4.98 Å². The van der Waals surface area contributed by atoms with Crippen LogP contribution in [0.5, 0.6) is 0 Å². The number of aryl methyl sites for hydroxylation is 1. The minimum Gasteiger partial charge on any atom is -0.297 e. The lowest BCUT2D eigenvalue weighted by molar-refractivity contribution is 0.0981. The van der Waals surface area contributed by atoms with Gasteiger partial charge < -0.3 is 0 Å². The topological polar surface area (TPSA) is 34.9 Å². The van der Waals surface area contributed by atoms with Crippen molar-refractivity contribution in [3.63, 3.8) is 0 Å². The van der Waals surface area contributed by atoms with Gasteiger partial charge >= 0.3 is 0 Å². The van der Waals surface area contributed by atoms with Crippen LogP contribution in [-0.4, -0.2) is 15.3 Å². The molecule has 0 fully saturated rings. The van der Waals surface area contributed by atoms with Crippen LogP contribution in [0.1, 0.15) is 21.7 Å². The van der Waals surface area contributed by atoms with E-state index in [9.17, 15) is 4.79 Å². The average molecular weight is 276 g/mol. The first-order valence-corrected chi connectivity index (χ1v) is 6.92. The Balaban J connectivity index is 1.93. The standard InChI is InChI=1S/C18H16N2O/c1-14-7-5-6-10-16(14)20-12-11-19-18(20)17(21)13-15-8-3-2-4-9-15/h2-12H,13H2,1H3. The molecule has 1 heterocycles. The Hall–Kier alpha value is -2.68. The monoisotopic (exact) mass is 276 g/mol. The lowest BCUT2D eigenvalue weighted by atomic mass is 10.1. The Morgan fingerprint density at radius 2 is 1.76 bits per heavy atom. The van der Waals surface area contributed by atoms with Gasteiger partial charge in [0.1, 0.15) is 0 Å². The summed E-state index contributed by atoms with van der Waals surface area (Å²) in [6.45, 7) is 2.03. The second kappa shape index (κ2) is 5.75. The fourth-order valence-corrected chi connectivity index (χ4v) is 2.40. The van der Waals surface area contributed by atoms with Crippen LogP contribution in [0.15, 0.2) is 67.0 Å². The van der Waals surface area contributed by atoms with Gasteiger partial charge in [-0.3, -0.25) is 9.36 Å². The van der Waals surface area contributed by atoms with Gasteiger partial charge in [0.25, 0.3) is 0 Å². The summed E-state index contributed by atoms with van der Waals surface area (Å²) in [6.07, 6.45) is 3.87. The van der Waals surface area contributed by atoms with Crippen LogP contribution in [0, 0.1) is 6.92 Å². The highest BCUT2D eigenvalue weighted by atomic mass is 16.1. The lowest BCUT2D eigenvalue weighted by Gasteiger charge is -2.10. The summed E-state index contributed by atoms with van der Waals surface area (Å²) < 4.78 is 1.86. The lowest BCUT2D eigenvalue weighted by Crippen LogP contribution is -2.12. The van der Waals surface area contributed by atoms with Crippen LogP contribution in [-0.2, 0) is 6.42 Å². The summed E-state index contributed by atoms with van der Waals surface area (Å²) in [7, 11) is 0. The number of para-hydroxylation sites is 1. The zero-order valence-corrected chi connectivity index (χ0v) is 11.9. The van der Waals surface area contributed by atoms with E-state index < -0.39 is 0 Å². The molecule has 0 N–H and O–H groups in total. The Morgan fingerprint density at radius 3 is 2.52 bits per heavy atom. The molecular formula is C18H16N2O. The molecule has 0 radical (unpaired) electrons. The molecule has 0 saturated heterocycles. The third kappa shape index (κ3) is 2.77. The number of rotatable bonds is 4. The van der Waals surface area contributed by atoms with Gasteiger partial charge in [0, 0.05) is 18.8 Å². The van der Waals surface area contributed by atoms with Crippen molar-refractivity contribution in [1.29, 1.82) is 0 Å². The zero-order valence-electron chi connectivity index (χ0n) is 11.9. The molecule has 21 heavy (non-hydrogen) atoms. The van der Waals surface area contributed by atoms with Crippen molar-refractivity contribution in [2.75, 3.05) is 0 Å². The number of ketones is 1. The molecule has 3 rings (SSSR count). The number of benzene rings is 2. The first-order valence-electron chi connectivity index (χ1n) is 6.92. The highest BCUT2D eigenvalue weighted by molar-refractivity contribution is 5.95. The molecule has 3 nitrogen and oxygen atoms in total. The smallest absolute Gasteiger partial charge is 0.202 e. The molecule has 0 atom stereocenters. The highest BCUT2D eigenvalue weighted by Crippen LogP contribution is 2.16. The molecule has 0 saturated carbocycles. The Bertz CT molecular complexity index is 760. The molecule has 0 spiro atoms. The van der Waals surface area contributed by atoms with Crippen molar-refractivity contribution in [1.82, 2.24) is 9.55 Å². The molecule has 3 heteroatoms. The number of carbonyl (C=O) groups excluding carboxylic acids is 1. The maximum Gasteiger partial charge on any atom is 0.202 e. The number of nitrogens with zero attached hydrogens (tertiary/aromatic N) is 2. The first-order chi connectivity index (χ1) is 10.3. The molecule has 0 bridgehead atoms. The van der Waals surface area contributed by atoms with E-state index in [1.165, 1.54) is 0 Å². The van der Waals surface area contributed by atoms with Crippen molar-refractivity contribution in [2.24, 2.45) is 0 Å². The van der Waals surface area contributed by atoms with E-state index in [0.717, 1.165) is 16.8 Å². The molecular weight excluding hydrogens is 260 g/mol. The zero-order chi connectivity index (χ0) is 14.7. The van der Waals surface area contributed by atoms with E-state index >= 15 is 0 Å². The third-order valence-corrected chi connectivity index (χ3v) is 3.47. The Kier molecular flexibility index (Phi) is 3.65. The van der Waals surface area contributed by atoms with Crippen molar-refractivity contribution >= 4 is 5.78 Å². The van der Waals surface area contributed by atoms with Crippen molar-refractivity contribution in [3.8, 4) is 5.69 Å². The summed E-state index contributed by atoms with van der Waals surface area (Å²) in [4.78, 5) is 16.7. The van der Waals surface area contributed by atoms with Crippen LogP contribution in [0.2, 0.25) is 0 Å². The Labute approximate surface area is 123 Å². The number of aromatic nitrogens is 2. The quantitative estimate of drug-likeness (QED) is 0.682. The van der Waals surface area contributed by atoms with Crippen LogP contribution in [0.25, 0.3) is 5.69 Å². The molecule has 0 amide bonds. The van der Waals surface area contributed by atoms with E-state index in [1.54, 1.807) is 6.20 Å². The van der Waals surface area contributed by atoms with E-state index in [0.29, 0.717) is 12.2 Å². The third-order valence-electron chi connectivity index (χ3n) is 3.47. The number of hydrogen-bond acceptors (Lipinski definition) is 2. The minimum atomic E-state index is 0.0226. The summed E-state index contributed by atoms with van der Waals surface area (Å²) >= 11 is 0. The van der Waals surface area contributed by atoms with E-state index in [1.807, 2.05) is 72.3 Å². The summed E-state index contributed by atoms with van der Waals surface area (Å²) in [5.41, 5.74) is 3.11. The van der Waals surface area contributed by atoms with Crippen molar-refractivity contribution < 1.29 is 4.79 Å². The van der Waals surface area contributed by atoms with Gasteiger partial charge in [0.15, 0.2) is 5.82 Å². The molecule has 0 unspecified atom stereocenters. The SMILES string of the molecule is Cc1ccccc1-n1ccnc1C(=O)Cc1ccccc1. The van der Waals surface area contributed by atoms with E-state index in [4.69, 9.17) is 0 Å². The van der Waals surface area contributed by atoms with Crippen LogP contribution < -0.4 is 0 Å². The molecule has 104 valence electrons. The number of carbonyl (C=O) groups is 1. The second-order valence-electron chi connectivity index (χ2n) is 4.99. The second-order valence-corrected chi connectivity index (χ2v) is 4.99. The van der Waals surface area contributed by atoms with Gasteiger partial charge in [0.05, 0.1) is 5.69 Å². The Morgan fingerprint density at radius 1 is 1.05 bits per heavy atom. The van der Waals surface area contributed by atoms with Crippen molar-refractivity contribution in [2.45, 2.75) is 13.3 Å². The first kappa shape index (κ1) is 13.3. The summed E-state index contributed by atoms with van der Waals surface area (Å²) in [6, 6.07) is 17.7. The maximum atomic E-state index is 12.5. The van der Waals surface area contributed by atoms with Gasteiger partial charge in [-0.15, -0.1) is 0 Å². The number of Topliss-reactive ketones (excluding diaryl/α,β-unsaturated/α-hetero) is 1. The largest absolute Gasteiger partial charge is 0.297 e. The maximum absolute atomic E-state index is 12.5. The molecule has 3 aromatic rings.